The monoisotopic (exact) mass is 404 g/mol. The number of halogens is 3. The van der Waals surface area contributed by atoms with Crippen molar-refractivity contribution in [1.82, 2.24) is 0 Å². The lowest BCUT2D eigenvalue weighted by Gasteiger charge is -2.15. The third-order valence-corrected chi connectivity index (χ3v) is 5.02. The summed E-state index contributed by atoms with van der Waals surface area (Å²) in [4.78, 5) is -0.359. The smallest absolute Gasteiger partial charge is 0.148 e. The molecule has 0 saturated carbocycles. The summed E-state index contributed by atoms with van der Waals surface area (Å²) in [5.74, 6) is 0.566. The lowest BCUT2D eigenvalue weighted by Crippen LogP contribution is -2.09. The van der Waals surface area contributed by atoms with E-state index < -0.39 is 9.84 Å². The van der Waals surface area contributed by atoms with E-state index in [1.165, 1.54) is 13.4 Å². The standard InChI is InChI=1S/C10H11Br2ClO3S/c1-16-10-7(3-6(13)4-8(10)11)9(12)5-17(2,14)15/h3-4,9H,5H2,1-2H3. The molecule has 0 aliphatic carbocycles. The Morgan fingerprint density at radius 2 is 2.06 bits per heavy atom. The lowest BCUT2D eigenvalue weighted by molar-refractivity contribution is 0.407. The maximum atomic E-state index is 11.3. The first-order valence-corrected chi connectivity index (χ1v) is 8.74. The molecule has 1 atom stereocenters. The molecular formula is C10H11Br2ClO3S. The maximum absolute atomic E-state index is 11.3. The van der Waals surface area contributed by atoms with Crippen LogP contribution in [0, 0.1) is 0 Å². The van der Waals surface area contributed by atoms with Crippen molar-refractivity contribution in [2.45, 2.75) is 4.83 Å². The first-order chi connectivity index (χ1) is 7.74. The highest BCUT2D eigenvalue weighted by Crippen LogP contribution is 2.39. The van der Waals surface area contributed by atoms with Crippen LogP contribution in [0.4, 0.5) is 0 Å². The Hall–Kier alpha value is 0.220. The van der Waals surface area contributed by atoms with Gasteiger partial charge < -0.3 is 4.74 Å². The molecule has 1 rings (SSSR count). The second-order valence-corrected chi connectivity index (χ2v) is 8.15. The van der Waals surface area contributed by atoms with Crippen molar-refractivity contribution in [3.8, 4) is 5.75 Å². The summed E-state index contributed by atoms with van der Waals surface area (Å²) in [6.45, 7) is 0. The van der Waals surface area contributed by atoms with Crippen LogP contribution in [0.3, 0.4) is 0 Å². The van der Waals surface area contributed by atoms with E-state index in [1.807, 2.05) is 0 Å². The van der Waals surface area contributed by atoms with Crippen LogP contribution in [0.1, 0.15) is 10.4 Å². The van der Waals surface area contributed by atoms with Crippen LogP contribution < -0.4 is 4.74 Å². The summed E-state index contributed by atoms with van der Waals surface area (Å²) in [6.07, 6.45) is 1.19. The van der Waals surface area contributed by atoms with E-state index in [9.17, 15) is 8.42 Å². The number of hydrogen-bond donors (Lipinski definition) is 0. The molecule has 7 heteroatoms. The van der Waals surface area contributed by atoms with Gasteiger partial charge in [0.15, 0.2) is 0 Å². The molecule has 17 heavy (non-hydrogen) atoms. The van der Waals surface area contributed by atoms with Gasteiger partial charge in [0.05, 0.1) is 22.2 Å². The number of sulfone groups is 1. The quantitative estimate of drug-likeness (QED) is 0.718. The summed E-state index contributed by atoms with van der Waals surface area (Å²) in [6, 6.07) is 3.39. The summed E-state index contributed by atoms with van der Waals surface area (Å²) in [7, 11) is -1.56. The Balaban J connectivity index is 3.20. The lowest BCUT2D eigenvalue weighted by atomic mass is 10.1. The maximum Gasteiger partial charge on any atom is 0.148 e. The van der Waals surface area contributed by atoms with Gasteiger partial charge in [0.2, 0.25) is 0 Å². The van der Waals surface area contributed by atoms with Crippen molar-refractivity contribution < 1.29 is 13.2 Å². The first kappa shape index (κ1) is 15.3. The van der Waals surface area contributed by atoms with Crippen LogP contribution in [0.25, 0.3) is 0 Å². The summed E-state index contributed by atoms with van der Waals surface area (Å²) in [5.41, 5.74) is 0.706. The molecule has 1 aromatic carbocycles. The predicted molar refractivity (Wildman–Crippen MR) is 77.1 cm³/mol. The van der Waals surface area contributed by atoms with Gasteiger partial charge in [-0.15, -0.1) is 0 Å². The van der Waals surface area contributed by atoms with Crippen LogP contribution in [-0.2, 0) is 9.84 Å². The van der Waals surface area contributed by atoms with E-state index in [4.69, 9.17) is 16.3 Å². The van der Waals surface area contributed by atoms with Crippen molar-refractivity contribution in [3.63, 3.8) is 0 Å². The Morgan fingerprint density at radius 3 is 2.53 bits per heavy atom. The van der Waals surface area contributed by atoms with E-state index in [-0.39, 0.29) is 10.6 Å². The van der Waals surface area contributed by atoms with E-state index >= 15 is 0 Å². The number of hydrogen-bond acceptors (Lipinski definition) is 3. The second kappa shape index (κ2) is 5.91. The molecule has 96 valence electrons. The van der Waals surface area contributed by atoms with Gasteiger partial charge in [-0.05, 0) is 28.1 Å². The van der Waals surface area contributed by atoms with Crippen molar-refractivity contribution in [3.05, 3.63) is 27.2 Å². The van der Waals surface area contributed by atoms with Crippen molar-refractivity contribution in [2.24, 2.45) is 0 Å². The van der Waals surface area contributed by atoms with Crippen LogP contribution in [-0.4, -0.2) is 27.5 Å². The van der Waals surface area contributed by atoms with Crippen LogP contribution in [0.2, 0.25) is 5.02 Å². The molecule has 0 aliphatic heterocycles. The van der Waals surface area contributed by atoms with Gasteiger partial charge in [0, 0.05) is 16.8 Å². The normalized spacial score (nSPS) is 13.5. The summed E-state index contributed by atoms with van der Waals surface area (Å²) < 4.78 is 28.5. The fourth-order valence-corrected chi connectivity index (χ4v) is 4.87. The molecule has 3 nitrogen and oxygen atoms in total. The Morgan fingerprint density at radius 1 is 1.47 bits per heavy atom. The average Bonchev–Trinajstić information content (AvgIpc) is 2.13. The van der Waals surface area contributed by atoms with Gasteiger partial charge in [-0.1, -0.05) is 27.5 Å². The van der Waals surface area contributed by atoms with E-state index in [2.05, 4.69) is 31.9 Å². The fourth-order valence-electron chi connectivity index (χ4n) is 1.38. The van der Waals surface area contributed by atoms with Crippen molar-refractivity contribution in [1.29, 1.82) is 0 Å². The Labute approximate surface area is 123 Å². The SMILES string of the molecule is COc1c(Br)cc(Cl)cc1C(Br)CS(C)(=O)=O. The number of benzene rings is 1. The Kier molecular flexibility index (Phi) is 5.31. The van der Waals surface area contributed by atoms with Crippen molar-refractivity contribution in [2.75, 3.05) is 19.1 Å². The number of alkyl halides is 1. The minimum absolute atomic E-state index is 0.0177. The highest BCUT2D eigenvalue weighted by atomic mass is 79.9. The highest BCUT2D eigenvalue weighted by molar-refractivity contribution is 9.10. The molecule has 0 N–H and O–H groups in total. The molecule has 0 saturated heterocycles. The topological polar surface area (TPSA) is 43.4 Å². The highest BCUT2D eigenvalue weighted by Gasteiger charge is 2.20. The van der Waals surface area contributed by atoms with Gasteiger partial charge in [-0.3, -0.25) is 0 Å². The fraction of sp³-hybridized carbons (Fsp3) is 0.400. The first-order valence-electron chi connectivity index (χ1n) is 4.59. The van der Waals surface area contributed by atoms with E-state index in [1.54, 1.807) is 12.1 Å². The molecule has 0 heterocycles. The average molecular weight is 407 g/mol. The molecular weight excluding hydrogens is 395 g/mol. The van der Waals surface area contributed by atoms with Gasteiger partial charge in [-0.2, -0.15) is 0 Å². The van der Waals surface area contributed by atoms with Crippen molar-refractivity contribution >= 4 is 53.3 Å². The third kappa shape index (κ3) is 4.43. The minimum Gasteiger partial charge on any atom is -0.495 e. The zero-order chi connectivity index (χ0) is 13.2. The minimum atomic E-state index is -3.08. The number of rotatable bonds is 4. The third-order valence-electron chi connectivity index (χ3n) is 2.03. The largest absolute Gasteiger partial charge is 0.495 e. The zero-order valence-corrected chi connectivity index (χ0v) is 14.0. The molecule has 1 aromatic rings. The molecule has 0 fully saturated rings. The Bertz CT molecular complexity index is 517. The van der Waals surface area contributed by atoms with Crippen LogP contribution in [0.15, 0.2) is 16.6 Å². The number of methoxy groups -OCH3 is 1. The van der Waals surface area contributed by atoms with E-state index in [0.717, 1.165) is 0 Å². The number of ether oxygens (including phenoxy) is 1. The molecule has 1 unspecified atom stereocenters. The van der Waals surface area contributed by atoms with E-state index in [0.29, 0.717) is 20.8 Å². The van der Waals surface area contributed by atoms with Crippen LogP contribution >= 0.6 is 43.5 Å². The second-order valence-electron chi connectivity index (χ2n) is 3.57. The van der Waals surface area contributed by atoms with Gasteiger partial charge in [0.1, 0.15) is 15.6 Å². The van der Waals surface area contributed by atoms with Gasteiger partial charge in [0.25, 0.3) is 0 Å². The van der Waals surface area contributed by atoms with Crippen LogP contribution in [0.5, 0.6) is 5.75 Å². The zero-order valence-electron chi connectivity index (χ0n) is 9.21. The molecule has 0 spiro atoms. The molecule has 0 aliphatic rings. The summed E-state index contributed by atoms with van der Waals surface area (Å²) >= 11 is 12.6. The molecule has 0 bridgehead atoms. The summed E-state index contributed by atoms with van der Waals surface area (Å²) in [5, 5.41) is 0.519. The predicted octanol–water partition coefficient (Wildman–Crippen LogP) is 3.59. The molecule has 0 radical (unpaired) electrons. The van der Waals surface area contributed by atoms with Gasteiger partial charge in [-0.25, -0.2) is 8.42 Å². The molecule has 0 amide bonds. The molecule has 0 aromatic heterocycles. The van der Waals surface area contributed by atoms with Gasteiger partial charge >= 0.3 is 0 Å².